The molecule has 8 bridgehead atoms. The van der Waals surface area contributed by atoms with E-state index in [1.807, 2.05) is 102 Å². The molecule has 0 saturated heterocycles. The van der Waals surface area contributed by atoms with Crippen LogP contribution in [0.3, 0.4) is 0 Å². The van der Waals surface area contributed by atoms with Crippen molar-refractivity contribution in [2.75, 3.05) is 0 Å². The Morgan fingerprint density at radius 2 is 0.923 bits per heavy atom. The van der Waals surface area contributed by atoms with Gasteiger partial charge in [-0.3, -0.25) is 0 Å². The Labute approximate surface area is 297 Å². The monoisotopic (exact) mass is 678 g/mol. The van der Waals surface area contributed by atoms with Crippen molar-refractivity contribution in [3.63, 3.8) is 0 Å². The largest absolute Gasteiger partial charge is 0.507 e. The molecule has 0 saturated carbocycles. The Kier molecular flexibility index (Phi) is 7.22. The van der Waals surface area contributed by atoms with E-state index in [0.29, 0.717) is 67.2 Å². The summed E-state index contributed by atoms with van der Waals surface area (Å²) in [5, 5.41) is 46.5. The zero-order valence-corrected chi connectivity index (χ0v) is 27.6. The SMILES string of the molecule is Oc1ccccc1-c1c(-c2ccccc2O)c2c(-c3ccccc3O)c3nc(cc4ccc(cc5nc(cc1n2-c1ccccc1O)C=C5)[nH]4)C=C3. The lowest BCUT2D eigenvalue weighted by molar-refractivity contribution is 0.473. The van der Waals surface area contributed by atoms with Crippen LogP contribution in [0.15, 0.2) is 127 Å². The van der Waals surface area contributed by atoms with Crippen LogP contribution in [0, 0.1) is 0 Å². The fourth-order valence-corrected chi connectivity index (χ4v) is 7.05. The average Bonchev–Trinajstić information content (AvgIpc) is 3.95. The minimum atomic E-state index is -0.0115. The lowest BCUT2D eigenvalue weighted by Gasteiger charge is -2.15. The van der Waals surface area contributed by atoms with Crippen molar-refractivity contribution in [1.82, 2.24) is 19.5 Å². The molecule has 250 valence electrons. The predicted octanol–water partition coefficient (Wildman–Crippen LogP) is 9.94. The number of hydrogen-bond donors (Lipinski definition) is 5. The molecule has 8 nitrogen and oxygen atoms in total. The number of phenols is 4. The summed E-state index contributed by atoms with van der Waals surface area (Å²) in [6, 6.07) is 37.8. The van der Waals surface area contributed by atoms with Crippen LogP contribution in [0.5, 0.6) is 23.0 Å². The topological polar surface area (TPSA) is 127 Å². The first-order valence-electron chi connectivity index (χ1n) is 16.7. The standard InChI is InChI=1S/C44H30N4O4/c49-37-13-5-1-9-31(37)41-34-22-21-29(47-34)24-28-18-17-26(45-28)23-27-19-20-30(46-27)25-36-42(32-10-2-6-14-38(32)50)43(33-11-3-7-15-39(33)51)44(41)48(36)35-12-4-8-16-40(35)52/h1-25,45,49-52H. The van der Waals surface area contributed by atoms with Crippen LogP contribution in [-0.4, -0.2) is 39.9 Å². The minimum Gasteiger partial charge on any atom is -0.507 e. The molecule has 0 aliphatic carbocycles. The van der Waals surface area contributed by atoms with Crippen LogP contribution >= 0.6 is 0 Å². The second-order valence-electron chi connectivity index (χ2n) is 12.6. The summed E-state index contributed by atoms with van der Waals surface area (Å²) in [6.45, 7) is 0. The molecule has 0 atom stereocenters. The van der Waals surface area contributed by atoms with Crippen molar-refractivity contribution in [3.05, 3.63) is 150 Å². The van der Waals surface area contributed by atoms with Crippen molar-refractivity contribution in [2.24, 2.45) is 0 Å². The number of phenolic OH excluding ortho intramolecular Hbond substituents is 4. The van der Waals surface area contributed by atoms with E-state index in [9.17, 15) is 20.4 Å². The molecule has 8 heteroatoms. The van der Waals surface area contributed by atoms with Crippen LogP contribution < -0.4 is 0 Å². The molecule has 0 amide bonds. The highest BCUT2D eigenvalue weighted by Gasteiger charge is 2.29. The number of fused-ring (bicyclic) bond motifs is 8. The molecule has 0 unspecified atom stereocenters. The molecule has 2 aliphatic rings. The van der Waals surface area contributed by atoms with Crippen LogP contribution in [0.25, 0.3) is 85.4 Å². The van der Waals surface area contributed by atoms with E-state index in [-0.39, 0.29) is 23.0 Å². The highest BCUT2D eigenvalue weighted by Crippen LogP contribution is 2.51. The summed E-state index contributed by atoms with van der Waals surface area (Å²) in [5.41, 5.74) is 8.82. The van der Waals surface area contributed by atoms with Gasteiger partial charge in [-0.25, -0.2) is 9.97 Å². The summed E-state index contributed by atoms with van der Waals surface area (Å²) in [5.74, 6) is 0.0109. The second-order valence-corrected chi connectivity index (χ2v) is 12.6. The predicted molar refractivity (Wildman–Crippen MR) is 207 cm³/mol. The van der Waals surface area contributed by atoms with E-state index in [1.165, 1.54) is 0 Å². The number of nitrogens with zero attached hydrogens (tertiary/aromatic N) is 3. The molecule has 0 radical (unpaired) electrons. The van der Waals surface area contributed by atoms with Crippen molar-refractivity contribution >= 4 is 46.4 Å². The van der Waals surface area contributed by atoms with E-state index < -0.39 is 0 Å². The van der Waals surface area contributed by atoms with Gasteiger partial charge in [0.15, 0.2) is 0 Å². The van der Waals surface area contributed by atoms with Gasteiger partial charge in [-0.15, -0.1) is 0 Å². The fourth-order valence-electron chi connectivity index (χ4n) is 7.05. The number of benzene rings is 4. The third-order valence-electron chi connectivity index (χ3n) is 9.31. The van der Waals surface area contributed by atoms with Gasteiger partial charge in [-0.2, -0.15) is 0 Å². The maximum absolute atomic E-state index is 11.7. The van der Waals surface area contributed by atoms with E-state index in [2.05, 4.69) is 4.98 Å². The summed E-state index contributed by atoms with van der Waals surface area (Å²) in [7, 11) is 0. The van der Waals surface area contributed by atoms with E-state index in [0.717, 1.165) is 16.7 Å². The lowest BCUT2D eigenvalue weighted by atomic mass is 9.92. The zero-order chi connectivity index (χ0) is 35.3. The summed E-state index contributed by atoms with van der Waals surface area (Å²) in [4.78, 5) is 13.5. The molecule has 3 aromatic heterocycles. The van der Waals surface area contributed by atoms with Crippen LogP contribution in [0.1, 0.15) is 22.8 Å². The molecule has 52 heavy (non-hydrogen) atoms. The van der Waals surface area contributed by atoms with Crippen molar-refractivity contribution in [1.29, 1.82) is 0 Å². The number of rotatable bonds is 4. The first kappa shape index (κ1) is 30.7. The molecule has 4 aromatic carbocycles. The number of para-hydroxylation sites is 5. The van der Waals surface area contributed by atoms with Crippen LogP contribution in [-0.2, 0) is 0 Å². The molecule has 5 heterocycles. The Balaban J connectivity index is 1.66. The molecule has 0 fully saturated rings. The number of aromatic amines is 1. The molecule has 2 aliphatic heterocycles. The number of H-pyrrole nitrogens is 1. The summed E-state index contributed by atoms with van der Waals surface area (Å²) >= 11 is 0. The quantitative estimate of drug-likeness (QED) is 0.126. The van der Waals surface area contributed by atoms with E-state index in [4.69, 9.17) is 9.97 Å². The Morgan fingerprint density at radius 1 is 0.442 bits per heavy atom. The smallest absolute Gasteiger partial charge is 0.139 e. The van der Waals surface area contributed by atoms with Gasteiger partial charge in [-0.1, -0.05) is 66.7 Å². The number of nitrogens with one attached hydrogen (secondary N) is 1. The number of aromatic hydroxyl groups is 4. The molecule has 0 spiro atoms. The normalized spacial score (nSPS) is 12.0. The highest BCUT2D eigenvalue weighted by molar-refractivity contribution is 6.12. The first-order valence-corrected chi connectivity index (χ1v) is 16.7. The lowest BCUT2D eigenvalue weighted by Crippen LogP contribution is -1.98. The minimum absolute atomic E-state index is 0.000878. The van der Waals surface area contributed by atoms with Crippen molar-refractivity contribution in [3.8, 4) is 62.1 Å². The van der Waals surface area contributed by atoms with Crippen LogP contribution in [0.4, 0.5) is 0 Å². The average molecular weight is 679 g/mol. The van der Waals surface area contributed by atoms with Gasteiger partial charge >= 0.3 is 0 Å². The molecule has 9 rings (SSSR count). The van der Waals surface area contributed by atoms with Gasteiger partial charge in [0.2, 0.25) is 0 Å². The Morgan fingerprint density at radius 3 is 1.52 bits per heavy atom. The number of aromatic nitrogens is 4. The maximum Gasteiger partial charge on any atom is 0.139 e. The van der Waals surface area contributed by atoms with Gasteiger partial charge in [0, 0.05) is 44.4 Å². The van der Waals surface area contributed by atoms with Gasteiger partial charge in [0.05, 0.1) is 39.5 Å². The van der Waals surface area contributed by atoms with Crippen LogP contribution in [0.2, 0.25) is 0 Å². The highest BCUT2D eigenvalue weighted by atomic mass is 16.3. The maximum atomic E-state index is 11.7. The molecular formula is C44H30N4O4. The van der Waals surface area contributed by atoms with Crippen molar-refractivity contribution in [2.45, 2.75) is 0 Å². The van der Waals surface area contributed by atoms with Gasteiger partial charge in [-0.05, 0) is 85.0 Å². The Bertz CT molecular complexity index is 2810. The molecule has 7 aromatic rings. The summed E-state index contributed by atoms with van der Waals surface area (Å²) in [6.07, 6.45) is 7.64. The fraction of sp³-hybridized carbons (Fsp3) is 0. The third-order valence-corrected chi connectivity index (χ3v) is 9.31. The first-order chi connectivity index (χ1) is 25.4. The molecule has 5 N–H and O–H groups in total. The van der Waals surface area contributed by atoms with E-state index in [1.54, 1.807) is 54.6 Å². The molecular weight excluding hydrogens is 649 g/mol. The van der Waals surface area contributed by atoms with Crippen molar-refractivity contribution < 1.29 is 20.4 Å². The zero-order valence-electron chi connectivity index (χ0n) is 27.6. The van der Waals surface area contributed by atoms with Gasteiger partial charge < -0.3 is 30.0 Å². The van der Waals surface area contributed by atoms with Gasteiger partial charge in [0.25, 0.3) is 0 Å². The van der Waals surface area contributed by atoms with Gasteiger partial charge in [0.1, 0.15) is 23.0 Å². The second kappa shape index (κ2) is 12.2. The van der Waals surface area contributed by atoms with E-state index >= 15 is 0 Å². The number of hydrogen-bond acceptors (Lipinski definition) is 6. The third kappa shape index (κ3) is 5.18. The Hall–Kier alpha value is -7.32. The summed E-state index contributed by atoms with van der Waals surface area (Å²) < 4.78 is 1.90.